The first-order valence-electron chi connectivity index (χ1n) is 6.37. The average Bonchev–Trinajstić information content (AvgIpc) is 2.37. The summed E-state index contributed by atoms with van der Waals surface area (Å²) >= 11 is 0. The van der Waals surface area contributed by atoms with Crippen molar-refractivity contribution >= 4 is 5.97 Å². The van der Waals surface area contributed by atoms with Crippen LogP contribution < -0.4 is 0 Å². The Kier molecular flexibility index (Phi) is 5.35. The molecule has 0 saturated heterocycles. The molecule has 0 aliphatic heterocycles. The number of aryl methyl sites for hydroxylation is 1. The number of carbonyl (C=O) groups is 1. The van der Waals surface area contributed by atoms with Crippen molar-refractivity contribution in [2.24, 2.45) is 5.41 Å². The van der Waals surface area contributed by atoms with Crippen molar-refractivity contribution < 1.29 is 14.6 Å². The first-order chi connectivity index (χ1) is 8.48. The summed E-state index contributed by atoms with van der Waals surface area (Å²) in [5.74, 6) is -0.342. The van der Waals surface area contributed by atoms with Crippen LogP contribution >= 0.6 is 0 Å². The fourth-order valence-electron chi connectivity index (χ4n) is 1.76. The van der Waals surface area contributed by atoms with Gasteiger partial charge < -0.3 is 9.84 Å². The van der Waals surface area contributed by atoms with E-state index >= 15 is 0 Å². The fraction of sp³-hybridized carbons (Fsp3) is 0.533. The zero-order valence-corrected chi connectivity index (χ0v) is 11.3. The molecule has 18 heavy (non-hydrogen) atoms. The first-order valence-corrected chi connectivity index (χ1v) is 6.37. The van der Waals surface area contributed by atoms with Gasteiger partial charge in [0.15, 0.2) is 0 Å². The van der Waals surface area contributed by atoms with Crippen molar-refractivity contribution in [1.82, 2.24) is 0 Å². The number of aliphatic hydroxyl groups is 1. The predicted octanol–water partition coefficient (Wildman–Crippen LogP) is 2.57. The van der Waals surface area contributed by atoms with E-state index < -0.39 is 11.5 Å². The lowest BCUT2D eigenvalue weighted by atomic mass is 9.83. The zero-order chi connectivity index (χ0) is 13.6. The number of rotatable bonds is 6. The van der Waals surface area contributed by atoms with Gasteiger partial charge in [-0.3, -0.25) is 4.79 Å². The lowest BCUT2D eigenvalue weighted by molar-refractivity contribution is -0.160. The molecule has 0 heterocycles. The molecule has 0 fully saturated rings. The van der Waals surface area contributed by atoms with E-state index in [1.54, 1.807) is 20.8 Å². The highest BCUT2D eigenvalue weighted by molar-refractivity contribution is 5.76. The second-order valence-corrected chi connectivity index (χ2v) is 4.98. The molecule has 0 unspecified atom stereocenters. The molecule has 0 aliphatic rings. The predicted molar refractivity (Wildman–Crippen MR) is 71.2 cm³/mol. The molecular formula is C15H22O3. The number of carbonyl (C=O) groups excluding carboxylic acids is 1. The van der Waals surface area contributed by atoms with E-state index in [-0.39, 0.29) is 5.97 Å². The summed E-state index contributed by atoms with van der Waals surface area (Å²) in [6.07, 6.45) is 0.609. The third kappa shape index (κ3) is 3.84. The topological polar surface area (TPSA) is 46.5 Å². The molecule has 0 radical (unpaired) electrons. The highest BCUT2D eigenvalue weighted by Gasteiger charge is 2.36. The van der Waals surface area contributed by atoms with Gasteiger partial charge in [-0.1, -0.05) is 30.3 Å². The van der Waals surface area contributed by atoms with Crippen LogP contribution in [0.4, 0.5) is 0 Å². The summed E-state index contributed by atoms with van der Waals surface area (Å²) in [5, 5.41) is 10.1. The molecule has 1 aromatic rings. The van der Waals surface area contributed by atoms with Crippen molar-refractivity contribution in [3.05, 3.63) is 35.9 Å². The third-order valence-corrected chi connectivity index (χ3v) is 3.18. The molecule has 1 rings (SSSR count). The first kappa shape index (κ1) is 14.7. The normalized spacial score (nSPS) is 13.1. The molecule has 0 saturated carbocycles. The Morgan fingerprint density at radius 2 is 1.94 bits per heavy atom. The minimum atomic E-state index is -0.856. The van der Waals surface area contributed by atoms with Gasteiger partial charge in [-0.2, -0.15) is 0 Å². The quantitative estimate of drug-likeness (QED) is 0.789. The second-order valence-electron chi connectivity index (χ2n) is 4.98. The molecule has 3 nitrogen and oxygen atoms in total. The van der Waals surface area contributed by atoms with Gasteiger partial charge in [-0.25, -0.2) is 0 Å². The summed E-state index contributed by atoms with van der Waals surface area (Å²) in [4.78, 5) is 11.7. The minimum absolute atomic E-state index is 0.341. The minimum Gasteiger partial charge on any atom is -0.466 e. The van der Waals surface area contributed by atoms with Crippen molar-refractivity contribution in [3.63, 3.8) is 0 Å². The number of hydrogen-bond acceptors (Lipinski definition) is 3. The molecule has 0 aliphatic carbocycles. The van der Waals surface area contributed by atoms with Gasteiger partial charge in [-0.05, 0) is 39.2 Å². The van der Waals surface area contributed by atoms with Crippen molar-refractivity contribution in [2.45, 2.75) is 39.7 Å². The van der Waals surface area contributed by atoms with Gasteiger partial charge in [0.2, 0.25) is 0 Å². The van der Waals surface area contributed by atoms with Crippen molar-refractivity contribution in [1.29, 1.82) is 0 Å². The standard InChI is InChI=1S/C15H22O3/c1-4-18-14(17)15(2,3)13(16)11-10-12-8-6-5-7-9-12/h5-9,13,16H,4,10-11H2,1-3H3/t13-/m1/s1. The molecule has 0 amide bonds. The number of aliphatic hydroxyl groups excluding tert-OH is 1. The van der Waals surface area contributed by atoms with Crippen LogP contribution in [0.5, 0.6) is 0 Å². The summed E-state index contributed by atoms with van der Waals surface area (Å²) < 4.78 is 4.98. The monoisotopic (exact) mass is 250 g/mol. The van der Waals surface area contributed by atoms with Gasteiger partial charge in [0, 0.05) is 0 Å². The maximum Gasteiger partial charge on any atom is 0.314 e. The van der Waals surface area contributed by atoms with E-state index in [2.05, 4.69) is 0 Å². The second kappa shape index (κ2) is 6.55. The van der Waals surface area contributed by atoms with E-state index in [1.807, 2.05) is 30.3 Å². The van der Waals surface area contributed by atoms with Crippen molar-refractivity contribution in [2.75, 3.05) is 6.61 Å². The molecule has 100 valence electrons. The summed E-state index contributed by atoms with van der Waals surface area (Å²) in [5.41, 5.74) is 0.307. The van der Waals surface area contributed by atoms with Crippen LogP contribution in [-0.4, -0.2) is 23.8 Å². The van der Waals surface area contributed by atoms with Gasteiger partial charge in [0.05, 0.1) is 18.1 Å². The van der Waals surface area contributed by atoms with Crippen LogP contribution in [0.2, 0.25) is 0 Å². The van der Waals surface area contributed by atoms with Crippen LogP contribution in [0.1, 0.15) is 32.8 Å². The lowest BCUT2D eigenvalue weighted by Gasteiger charge is -2.28. The van der Waals surface area contributed by atoms with Crippen LogP contribution in [-0.2, 0) is 16.0 Å². The third-order valence-electron chi connectivity index (χ3n) is 3.18. The number of esters is 1. The van der Waals surface area contributed by atoms with Crippen LogP contribution in [0.25, 0.3) is 0 Å². The van der Waals surface area contributed by atoms with Crippen LogP contribution in [0, 0.1) is 5.41 Å². The van der Waals surface area contributed by atoms with E-state index in [0.29, 0.717) is 13.0 Å². The zero-order valence-electron chi connectivity index (χ0n) is 11.3. The highest BCUT2D eigenvalue weighted by atomic mass is 16.5. The smallest absolute Gasteiger partial charge is 0.314 e. The molecule has 1 atom stereocenters. The van der Waals surface area contributed by atoms with E-state index in [1.165, 1.54) is 0 Å². The van der Waals surface area contributed by atoms with E-state index in [9.17, 15) is 9.90 Å². The highest BCUT2D eigenvalue weighted by Crippen LogP contribution is 2.26. The van der Waals surface area contributed by atoms with E-state index in [4.69, 9.17) is 4.74 Å². The SMILES string of the molecule is CCOC(=O)C(C)(C)[C@H](O)CCc1ccccc1. The number of hydrogen-bond donors (Lipinski definition) is 1. The van der Waals surface area contributed by atoms with Gasteiger partial charge in [0.25, 0.3) is 0 Å². The van der Waals surface area contributed by atoms with Gasteiger partial charge >= 0.3 is 5.97 Å². The van der Waals surface area contributed by atoms with Crippen LogP contribution in [0.3, 0.4) is 0 Å². The van der Waals surface area contributed by atoms with Crippen molar-refractivity contribution in [3.8, 4) is 0 Å². The average molecular weight is 250 g/mol. The largest absolute Gasteiger partial charge is 0.466 e. The number of benzene rings is 1. The summed E-state index contributed by atoms with van der Waals surface area (Å²) in [6, 6.07) is 9.94. The molecule has 1 N–H and O–H groups in total. The molecule has 0 aromatic heterocycles. The molecule has 3 heteroatoms. The Bertz CT molecular complexity index is 371. The summed E-state index contributed by atoms with van der Waals surface area (Å²) in [6.45, 7) is 5.55. The van der Waals surface area contributed by atoms with E-state index in [0.717, 1.165) is 12.0 Å². The summed E-state index contributed by atoms with van der Waals surface area (Å²) in [7, 11) is 0. The Hall–Kier alpha value is -1.35. The molecule has 1 aromatic carbocycles. The Labute approximate surface area is 109 Å². The fourth-order valence-corrected chi connectivity index (χ4v) is 1.76. The maximum atomic E-state index is 11.7. The van der Waals surface area contributed by atoms with Gasteiger partial charge in [-0.15, -0.1) is 0 Å². The molecular weight excluding hydrogens is 228 g/mol. The Morgan fingerprint density at radius 3 is 2.50 bits per heavy atom. The maximum absolute atomic E-state index is 11.7. The lowest BCUT2D eigenvalue weighted by Crippen LogP contribution is -2.38. The Morgan fingerprint density at radius 1 is 1.33 bits per heavy atom. The molecule has 0 bridgehead atoms. The van der Waals surface area contributed by atoms with Gasteiger partial charge in [0.1, 0.15) is 0 Å². The number of ether oxygens (including phenoxy) is 1. The van der Waals surface area contributed by atoms with Crippen LogP contribution in [0.15, 0.2) is 30.3 Å². The Balaban J connectivity index is 2.54. The molecule has 0 spiro atoms.